The molecule has 0 spiro atoms. The number of unbranched alkanes of at least 4 members (excludes halogenated alkanes) is 4. The number of hydrogen-bond donors (Lipinski definition) is 0. The summed E-state index contributed by atoms with van der Waals surface area (Å²) in [5.41, 5.74) is 2.52. The summed E-state index contributed by atoms with van der Waals surface area (Å²) in [6.45, 7) is 2.23. The van der Waals surface area contributed by atoms with Gasteiger partial charge in [-0.2, -0.15) is 0 Å². The molecule has 0 heterocycles. The average Bonchev–Trinajstić information content (AvgIpc) is 2.56. The number of azo groups is 1. The molecule has 2 aromatic carbocycles. The predicted octanol–water partition coefficient (Wildman–Crippen LogP) is 6.13. The van der Waals surface area contributed by atoms with Gasteiger partial charge in [-0.05, 0) is 30.5 Å². The van der Waals surface area contributed by atoms with Gasteiger partial charge in [0.2, 0.25) is 5.69 Å². The highest BCUT2D eigenvalue weighted by Crippen LogP contribution is 2.18. The molecule has 0 saturated carbocycles. The summed E-state index contributed by atoms with van der Waals surface area (Å²) in [5.74, 6) is 0. The highest BCUT2D eigenvalue weighted by Gasteiger charge is 2.04. The molecule has 0 atom stereocenters. The summed E-state index contributed by atoms with van der Waals surface area (Å²) >= 11 is 0. The van der Waals surface area contributed by atoms with Crippen LogP contribution >= 0.6 is 0 Å². The third-order valence-corrected chi connectivity index (χ3v) is 3.69. The Morgan fingerprint density at radius 1 is 0.864 bits per heavy atom. The topological polar surface area (TPSA) is 38.4 Å². The second kappa shape index (κ2) is 8.98. The zero-order valence-electron chi connectivity index (χ0n) is 13.2. The molecule has 3 heteroatoms. The van der Waals surface area contributed by atoms with E-state index in [0.717, 1.165) is 6.42 Å². The van der Waals surface area contributed by atoms with Crippen molar-refractivity contribution in [2.24, 2.45) is 5.11 Å². The van der Waals surface area contributed by atoms with Crippen LogP contribution in [0.2, 0.25) is 0 Å². The van der Waals surface area contributed by atoms with Crippen LogP contribution < -0.4 is 0 Å². The van der Waals surface area contributed by atoms with Gasteiger partial charge in [0.25, 0.3) is 0 Å². The molecule has 2 aromatic rings. The molecule has 2 rings (SSSR count). The lowest BCUT2D eigenvalue weighted by atomic mass is 10.1. The van der Waals surface area contributed by atoms with Gasteiger partial charge >= 0.3 is 0 Å². The number of benzene rings is 2. The summed E-state index contributed by atoms with van der Waals surface area (Å²) in [6.07, 6.45) is 7.50. The minimum atomic E-state index is 0.568. The van der Waals surface area contributed by atoms with Crippen molar-refractivity contribution in [1.82, 2.24) is 0 Å². The standard InChI is InChI=1S/C19H24N2O/c1-2-3-4-5-7-10-17-13-15-19(16-14-17)21(22)20-18-11-8-6-9-12-18/h6,8-9,11-16H,2-5,7,10H2,1H3. The lowest BCUT2D eigenvalue weighted by Gasteiger charge is -2.03. The van der Waals surface area contributed by atoms with Gasteiger partial charge in [0.1, 0.15) is 5.69 Å². The Hall–Kier alpha value is -2.16. The highest BCUT2D eigenvalue weighted by molar-refractivity contribution is 5.36. The molecule has 0 aliphatic heterocycles. The summed E-state index contributed by atoms with van der Waals surface area (Å²) in [6, 6.07) is 17.0. The van der Waals surface area contributed by atoms with Gasteiger partial charge in [-0.25, -0.2) is 0 Å². The normalized spacial score (nSPS) is 11.6. The first-order chi connectivity index (χ1) is 10.8. The van der Waals surface area contributed by atoms with E-state index in [1.165, 1.54) is 37.7 Å². The Kier molecular flexibility index (Phi) is 6.62. The SMILES string of the molecule is CCCCCCCc1ccc([N+]([O-])=Nc2ccccc2)cc1. The van der Waals surface area contributed by atoms with Crippen LogP contribution in [-0.4, -0.2) is 4.86 Å². The first kappa shape index (κ1) is 16.2. The van der Waals surface area contributed by atoms with E-state index in [0.29, 0.717) is 16.2 Å². The fourth-order valence-corrected chi connectivity index (χ4v) is 2.38. The van der Waals surface area contributed by atoms with Gasteiger partial charge in [0, 0.05) is 17.2 Å². The molecular formula is C19H24N2O. The molecule has 0 aliphatic carbocycles. The maximum atomic E-state index is 12.0. The van der Waals surface area contributed by atoms with Crippen LogP contribution in [0.4, 0.5) is 11.4 Å². The van der Waals surface area contributed by atoms with Crippen LogP contribution in [0.5, 0.6) is 0 Å². The maximum Gasteiger partial charge on any atom is 0.244 e. The van der Waals surface area contributed by atoms with Crippen LogP contribution in [0.1, 0.15) is 44.6 Å². The molecule has 0 saturated heterocycles. The number of rotatable bonds is 8. The third-order valence-electron chi connectivity index (χ3n) is 3.69. The molecule has 0 radical (unpaired) electrons. The minimum Gasteiger partial charge on any atom is -0.594 e. The largest absolute Gasteiger partial charge is 0.594 e. The molecule has 116 valence electrons. The fraction of sp³-hybridized carbons (Fsp3) is 0.368. The molecule has 0 N–H and O–H groups in total. The Morgan fingerprint density at radius 3 is 2.23 bits per heavy atom. The van der Waals surface area contributed by atoms with E-state index in [4.69, 9.17) is 0 Å². The van der Waals surface area contributed by atoms with Crippen molar-refractivity contribution in [3.05, 3.63) is 65.4 Å². The number of aryl methyl sites for hydroxylation is 1. The zero-order chi connectivity index (χ0) is 15.6. The van der Waals surface area contributed by atoms with E-state index in [-0.39, 0.29) is 0 Å². The van der Waals surface area contributed by atoms with Crippen molar-refractivity contribution in [2.75, 3.05) is 0 Å². The number of hydrogen-bond acceptors (Lipinski definition) is 2. The van der Waals surface area contributed by atoms with Crippen molar-refractivity contribution >= 4 is 11.4 Å². The predicted molar refractivity (Wildman–Crippen MR) is 90.7 cm³/mol. The van der Waals surface area contributed by atoms with E-state index in [1.54, 1.807) is 0 Å². The van der Waals surface area contributed by atoms with Crippen LogP contribution in [0.3, 0.4) is 0 Å². The van der Waals surface area contributed by atoms with Crippen LogP contribution in [0, 0.1) is 5.21 Å². The molecular weight excluding hydrogens is 272 g/mol. The van der Waals surface area contributed by atoms with Crippen molar-refractivity contribution in [2.45, 2.75) is 45.4 Å². The fourth-order valence-electron chi connectivity index (χ4n) is 2.38. The quantitative estimate of drug-likeness (QED) is 0.250. The summed E-state index contributed by atoms with van der Waals surface area (Å²) in [4.78, 5) is 0.681. The molecule has 0 unspecified atom stereocenters. The first-order valence-electron chi connectivity index (χ1n) is 8.12. The maximum absolute atomic E-state index is 12.0. The molecule has 22 heavy (non-hydrogen) atoms. The van der Waals surface area contributed by atoms with Crippen molar-refractivity contribution in [1.29, 1.82) is 0 Å². The first-order valence-corrected chi connectivity index (χ1v) is 8.12. The van der Waals surface area contributed by atoms with Crippen molar-refractivity contribution in [3.8, 4) is 0 Å². The summed E-state index contributed by atoms with van der Waals surface area (Å²) in [7, 11) is 0. The van der Waals surface area contributed by atoms with E-state index >= 15 is 0 Å². The van der Waals surface area contributed by atoms with Gasteiger partial charge in [-0.3, -0.25) is 0 Å². The van der Waals surface area contributed by atoms with Gasteiger partial charge in [-0.1, -0.05) is 67.8 Å². The van der Waals surface area contributed by atoms with E-state index in [2.05, 4.69) is 12.0 Å². The van der Waals surface area contributed by atoms with Crippen LogP contribution in [0.15, 0.2) is 59.7 Å². The van der Waals surface area contributed by atoms with Crippen LogP contribution in [0.25, 0.3) is 0 Å². The Morgan fingerprint density at radius 2 is 1.55 bits per heavy atom. The molecule has 0 aliphatic rings. The third kappa shape index (κ3) is 5.32. The summed E-state index contributed by atoms with van der Waals surface area (Å²) < 4.78 is 0. The Labute approximate surface area is 132 Å². The lowest BCUT2D eigenvalue weighted by Crippen LogP contribution is -1.92. The molecule has 0 bridgehead atoms. The zero-order valence-corrected chi connectivity index (χ0v) is 13.2. The van der Waals surface area contributed by atoms with E-state index in [9.17, 15) is 5.21 Å². The Balaban J connectivity index is 1.90. The monoisotopic (exact) mass is 296 g/mol. The van der Waals surface area contributed by atoms with Gasteiger partial charge < -0.3 is 5.21 Å². The molecule has 3 nitrogen and oxygen atoms in total. The second-order valence-electron chi connectivity index (χ2n) is 5.54. The smallest absolute Gasteiger partial charge is 0.244 e. The number of nitrogens with zero attached hydrogens (tertiary/aromatic N) is 2. The minimum absolute atomic E-state index is 0.568. The summed E-state index contributed by atoms with van der Waals surface area (Å²) in [5, 5.41) is 16.0. The highest BCUT2D eigenvalue weighted by atomic mass is 16.5. The van der Waals surface area contributed by atoms with Gasteiger partial charge in [0.15, 0.2) is 0 Å². The van der Waals surface area contributed by atoms with Gasteiger partial charge in [-0.15, -0.1) is 0 Å². The molecule has 0 aromatic heterocycles. The average molecular weight is 296 g/mol. The van der Waals surface area contributed by atoms with Gasteiger partial charge in [0.05, 0.1) is 0 Å². The van der Waals surface area contributed by atoms with Crippen LogP contribution in [-0.2, 0) is 6.42 Å². The molecule has 0 fully saturated rings. The van der Waals surface area contributed by atoms with E-state index in [1.807, 2.05) is 54.6 Å². The van der Waals surface area contributed by atoms with E-state index < -0.39 is 0 Å². The Bertz CT molecular complexity index is 576. The van der Waals surface area contributed by atoms with Crippen molar-refractivity contribution < 1.29 is 4.86 Å². The lowest BCUT2D eigenvalue weighted by molar-refractivity contribution is -0.435. The van der Waals surface area contributed by atoms with Crippen molar-refractivity contribution in [3.63, 3.8) is 0 Å². The molecule has 0 amide bonds. The second-order valence-corrected chi connectivity index (χ2v) is 5.54.